The second-order valence-corrected chi connectivity index (χ2v) is 4.76. The van der Waals surface area contributed by atoms with Gasteiger partial charge in [-0.1, -0.05) is 5.16 Å². The van der Waals surface area contributed by atoms with Crippen molar-refractivity contribution in [1.29, 1.82) is 0 Å². The molecule has 6 heteroatoms. The zero-order chi connectivity index (χ0) is 13.0. The van der Waals surface area contributed by atoms with E-state index in [1.165, 1.54) is 0 Å². The minimum Gasteiger partial charge on any atom is -0.377 e. The number of aryl methyl sites for hydroxylation is 1. The topological polar surface area (TPSA) is 55.6 Å². The fraction of sp³-hybridized carbons (Fsp3) is 0.667. The van der Waals surface area contributed by atoms with E-state index >= 15 is 0 Å². The highest BCUT2D eigenvalue weighted by Gasteiger charge is 2.25. The van der Waals surface area contributed by atoms with E-state index in [0.717, 1.165) is 18.5 Å². The van der Waals surface area contributed by atoms with Crippen LogP contribution in [-0.4, -0.2) is 47.6 Å². The molecule has 0 bridgehead atoms. The van der Waals surface area contributed by atoms with E-state index in [1.54, 1.807) is 17.9 Å². The first kappa shape index (κ1) is 13.4. The molecule has 1 aliphatic heterocycles. The molecular formula is C12H17ClN2O3. The molecule has 18 heavy (non-hydrogen) atoms. The lowest BCUT2D eigenvalue weighted by Gasteiger charge is -2.31. The second-order valence-electron chi connectivity index (χ2n) is 4.38. The average Bonchev–Trinajstić information content (AvgIpc) is 2.83. The van der Waals surface area contributed by atoms with Gasteiger partial charge in [0.1, 0.15) is 0 Å². The van der Waals surface area contributed by atoms with Gasteiger partial charge in [-0.2, -0.15) is 0 Å². The van der Waals surface area contributed by atoms with Crippen molar-refractivity contribution in [3.63, 3.8) is 0 Å². The quantitative estimate of drug-likeness (QED) is 0.785. The van der Waals surface area contributed by atoms with Gasteiger partial charge in [0.15, 0.2) is 0 Å². The van der Waals surface area contributed by atoms with Gasteiger partial charge in [-0.15, -0.1) is 11.6 Å². The molecule has 0 aliphatic carbocycles. The van der Waals surface area contributed by atoms with Crippen LogP contribution in [0.3, 0.4) is 0 Å². The smallest absolute Gasteiger partial charge is 0.292 e. The van der Waals surface area contributed by atoms with E-state index in [0.29, 0.717) is 31.3 Å². The van der Waals surface area contributed by atoms with Crippen molar-refractivity contribution in [3.05, 3.63) is 17.5 Å². The highest BCUT2D eigenvalue weighted by molar-refractivity contribution is 6.17. The lowest BCUT2D eigenvalue weighted by molar-refractivity contribution is 0.0142. The van der Waals surface area contributed by atoms with E-state index in [4.69, 9.17) is 20.9 Å². The molecule has 2 rings (SSSR count). The number of carbonyl (C=O) groups is 1. The summed E-state index contributed by atoms with van der Waals surface area (Å²) < 4.78 is 10.5. The molecule has 1 saturated heterocycles. The van der Waals surface area contributed by atoms with E-state index in [1.807, 2.05) is 0 Å². The third-order valence-corrected chi connectivity index (χ3v) is 3.15. The largest absolute Gasteiger partial charge is 0.377 e. The normalized spacial score (nSPS) is 17.1. The van der Waals surface area contributed by atoms with Crippen molar-refractivity contribution in [2.24, 2.45) is 0 Å². The number of nitrogens with zero attached hydrogens (tertiary/aromatic N) is 2. The van der Waals surface area contributed by atoms with Crippen LogP contribution in [0.4, 0.5) is 0 Å². The van der Waals surface area contributed by atoms with Gasteiger partial charge in [0.05, 0.1) is 18.4 Å². The number of likely N-dealkylation sites (tertiary alicyclic amines) is 1. The summed E-state index contributed by atoms with van der Waals surface area (Å²) >= 11 is 5.57. The van der Waals surface area contributed by atoms with Crippen molar-refractivity contribution < 1.29 is 14.1 Å². The Morgan fingerprint density at radius 2 is 2.33 bits per heavy atom. The molecule has 0 unspecified atom stereocenters. The summed E-state index contributed by atoms with van der Waals surface area (Å²) in [6.45, 7) is 3.74. The zero-order valence-corrected chi connectivity index (χ0v) is 11.2. The summed E-state index contributed by atoms with van der Waals surface area (Å²) in [5.41, 5.74) is 0.721. The van der Waals surface area contributed by atoms with Crippen LogP contribution < -0.4 is 0 Å². The minimum absolute atomic E-state index is 0.0913. The Morgan fingerprint density at radius 1 is 1.61 bits per heavy atom. The molecule has 0 atom stereocenters. The Balaban J connectivity index is 1.84. The average molecular weight is 273 g/mol. The number of hydrogen-bond acceptors (Lipinski definition) is 4. The first-order valence-electron chi connectivity index (χ1n) is 6.11. The lowest BCUT2D eigenvalue weighted by atomic mass is 10.1. The maximum Gasteiger partial charge on any atom is 0.292 e. The van der Waals surface area contributed by atoms with Crippen LogP contribution in [0.1, 0.15) is 29.1 Å². The number of hydrogen-bond donors (Lipinski definition) is 0. The van der Waals surface area contributed by atoms with Crippen molar-refractivity contribution in [2.45, 2.75) is 25.9 Å². The number of alkyl halides is 1. The summed E-state index contributed by atoms with van der Waals surface area (Å²) in [5.74, 6) is 0.732. The van der Waals surface area contributed by atoms with Gasteiger partial charge >= 0.3 is 0 Å². The highest BCUT2D eigenvalue weighted by Crippen LogP contribution is 2.16. The van der Waals surface area contributed by atoms with Crippen molar-refractivity contribution in [2.75, 3.05) is 25.6 Å². The summed E-state index contributed by atoms with van der Waals surface area (Å²) in [7, 11) is 0. The molecular weight excluding hydrogens is 256 g/mol. The third-order valence-electron chi connectivity index (χ3n) is 3.00. The summed E-state index contributed by atoms with van der Waals surface area (Å²) in [6, 6.07) is 1.67. The monoisotopic (exact) mass is 272 g/mol. The molecule has 0 N–H and O–H groups in total. The highest BCUT2D eigenvalue weighted by atomic mass is 35.5. The van der Waals surface area contributed by atoms with Gasteiger partial charge in [0.25, 0.3) is 5.91 Å². The Kier molecular flexibility index (Phi) is 4.60. The van der Waals surface area contributed by atoms with Crippen LogP contribution in [0.15, 0.2) is 10.6 Å². The van der Waals surface area contributed by atoms with Crippen LogP contribution in [0.2, 0.25) is 0 Å². The number of carbonyl (C=O) groups excluding carboxylic acids is 1. The van der Waals surface area contributed by atoms with Gasteiger partial charge in [-0.3, -0.25) is 4.79 Å². The van der Waals surface area contributed by atoms with E-state index in [2.05, 4.69) is 5.16 Å². The molecule has 1 fully saturated rings. The molecule has 0 aromatic carbocycles. The minimum atomic E-state index is -0.0913. The summed E-state index contributed by atoms with van der Waals surface area (Å²) in [5, 5.41) is 3.73. The van der Waals surface area contributed by atoms with Crippen LogP contribution >= 0.6 is 11.6 Å². The van der Waals surface area contributed by atoms with Gasteiger partial charge in [0.2, 0.25) is 5.76 Å². The van der Waals surface area contributed by atoms with E-state index in [9.17, 15) is 4.79 Å². The molecule has 1 aliphatic rings. The van der Waals surface area contributed by atoms with Crippen LogP contribution in [0.5, 0.6) is 0 Å². The maximum atomic E-state index is 12.1. The Bertz CT molecular complexity index is 400. The van der Waals surface area contributed by atoms with Crippen LogP contribution in [-0.2, 0) is 4.74 Å². The van der Waals surface area contributed by atoms with Crippen LogP contribution in [0, 0.1) is 6.92 Å². The maximum absolute atomic E-state index is 12.1. The Hall–Kier alpha value is -1.07. The predicted octanol–water partition coefficient (Wildman–Crippen LogP) is 1.84. The van der Waals surface area contributed by atoms with Gasteiger partial charge < -0.3 is 14.2 Å². The SMILES string of the molecule is Cc1cc(C(=O)N2CCC(OCCCl)CC2)on1. The fourth-order valence-corrected chi connectivity index (χ4v) is 2.15. The molecule has 100 valence electrons. The first-order valence-corrected chi connectivity index (χ1v) is 6.64. The fourth-order valence-electron chi connectivity index (χ4n) is 2.06. The Morgan fingerprint density at radius 3 is 2.89 bits per heavy atom. The number of amides is 1. The molecule has 5 nitrogen and oxygen atoms in total. The number of piperidine rings is 1. The van der Waals surface area contributed by atoms with Crippen molar-refractivity contribution in [1.82, 2.24) is 10.1 Å². The number of rotatable bonds is 4. The molecule has 0 saturated carbocycles. The third kappa shape index (κ3) is 3.23. The molecule has 0 spiro atoms. The van der Waals surface area contributed by atoms with Crippen molar-refractivity contribution in [3.8, 4) is 0 Å². The lowest BCUT2D eigenvalue weighted by Crippen LogP contribution is -2.40. The molecule has 0 radical (unpaired) electrons. The molecule has 1 amide bonds. The number of aromatic nitrogens is 1. The zero-order valence-electron chi connectivity index (χ0n) is 10.4. The summed E-state index contributed by atoms with van der Waals surface area (Å²) in [6.07, 6.45) is 1.90. The van der Waals surface area contributed by atoms with Gasteiger partial charge in [0, 0.05) is 25.0 Å². The standard InChI is InChI=1S/C12H17ClN2O3/c1-9-8-11(18-14-9)12(16)15-5-2-10(3-6-15)17-7-4-13/h8,10H,2-7H2,1H3. The Labute approximate surface area is 111 Å². The second kappa shape index (κ2) is 6.20. The molecule has 1 aromatic heterocycles. The molecule has 1 aromatic rings. The van der Waals surface area contributed by atoms with Crippen LogP contribution in [0.25, 0.3) is 0 Å². The number of halogens is 1. The van der Waals surface area contributed by atoms with E-state index in [-0.39, 0.29) is 12.0 Å². The van der Waals surface area contributed by atoms with Gasteiger partial charge in [-0.05, 0) is 19.8 Å². The summed E-state index contributed by atoms with van der Waals surface area (Å²) in [4.78, 5) is 13.8. The predicted molar refractivity (Wildman–Crippen MR) is 66.8 cm³/mol. The van der Waals surface area contributed by atoms with Crippen molar-refractivity contribution >= 4 is 17.5 Å². The van der Waals surface area contributed by atoms with Gasteiger partial charge in [-0.25, -0.2) is 0 Å². The molecule has 2 heterocycles. The number of ether oxygens (including phenoxy) is 1. The first-order chi connectivity index (χ1) is 8.70. The van der Waals surface area contributed by atoms with E-state index < -0.39 is 0 Å².